The second kappa shape index (κ2) is 8.48. The van der Waals surface area contributed by atoms with Crippen molar-refractivity contribution in [3.05, 3.63) is 60.2 Å². The first-order chi connectivity index (χ1) is 16.5. The molecule has 0 spiro atoms. The molecule has 0 radical (unpaired) electrons. The van der Waals surface area contributed by atoms with Gasteiger partial charge in [-0.05, 0) is 68.4 Å². The summed E-state index contributed by atoms with van der Waals surface area (Å²) in [6.45, 7) is 0. The normalized spacial score (nSPS) is 27.2. The Morgan fingerprint density at radius 3 is 2.32 bits per heavy atom. The molecule has 0 unspecified atom stereocenters. The first-order valence-corrected chi connectivity index (χ1v) is 12.9. The Hall–Kier alpha value is -2.74. The van der Waals surface area contributed by atoms with Crippen LogP contribution < -0.4 is 5.32 Å². The average molecular weight is 481 g/mol. The van der Waals surface area contributed by atoms with Crippen LogP contribution in [0.1, 0.15) is 38.5 Å². The summed E-state index contributed by atoms with van der Waals surface area (Å²) in [5.74, 6) is 1.46. The van der Waals surface area contributed by atoms with Gasteiger partial charge in [0.2, 0.25) is 5.91 Å². The molecule has 1 amide bonds. The molecule has 0 aliphatic heterocycles. The average Bonchev–Trinajstić information content (AvgIpc) is 3.21. The van der Waals surface area contributed by atoms with E-state index in [0.717, 1.165) is 48.6 Å². The van der Waals surface area contributed by atoms with E-state index < -0.39 is 11.6 Å². The molecule has 5 nitrogen and oxygen atoms in total. The van der Waals surface area contributed by atoms with E-state index in [-0.39, 0.29) is 22.9 Å². The SMILES string of the molecule is O=C(CSc1nnc(-c2ccccc2)n1-c1ccc(F)cc1F)NC12CC3CC(CC(C3)C1)C2. The lowest BCUT2D eigenvalue weighted by atomic mass is 9.53. The highest BCUT2D eigenvalue weighted by Crippen LogP contribution is 2.55. The molecule has 8 heteroatoms. The van der Waals surface area contributed by atoms with Crippen molar-refractivity contribution in [1.29, 1.82) is 0 Å². The van der Waals surface area contributed by atoms with Crippen LogP contribution in [-0.2, 0) is 4.79 Å². The van der Waals surface area contributed by atoms with Crippen LogP contribution in [0.15, 0.2) is 53.7 Å². The lowest BCUT2D eigenvalue weighted by molar-refractivity contribution is -0.124. The smallest absolute Gasteiger partial charge is 0.230 e. The van der Waals surface area contributed by atoms with Gasteiger partial charge in [-0.1, -0.05) is 42.1 Å². The minimum atomic E-state index is -0.711. The molecule has 4 aliphatic rings. The molecule has 0 saturated heterocycles. The molecule has 176 valence electrons. The van der Waals surface area contributed by atoms with Gasteiger partial charge in [-0.25, -0.2) is 8.78 Å². The van der Waals surface area contributed by atoms with E-state index in [0.29, 0.717) is 11.0 Å². The van der Waals surface area contributed by atoms with E-state index >= 15 is 0 Å². The van der Waals surface area contributed by atoms with Crippen molar-refractivity contribution in [1.82, 2.24) is 20.1 Å². The number of carbonyl (C=O) groups excluding carboxylic acids is 1. The number of halogens is 2. The lowest BCUT2D eigenvalue weighted by Gasteiger charge is -2.56. The van der Waals surface area contributed by atoms with Gasteiger partial charge >= 0.3 is 0 Å². The zero-order chi connectivity index (χ0) is 23.3. The van der Waals surface area contributed by atoms with Gasteiger partial charge in [-0.3, -0.25) is 9.36 Å². The van der Waals surface area contributed by atoms with Crippen LogP contribution in [0.3, 0.4) is 0 Å². The highest BCUT2D eigenvalue weighted by molar-refractivity contribution is 7.99. The molecular formula is C26H26F2N4OS. The molecule has 7 rings (SSSR count). The number of aromatic nitrogens is 3. The van der Waals surface area contributed by atoms with Crippen molar-refractivity contribution in [2.45, 2.75) is 49.2 Å². The van der Waals surface area contributed by atoms with E-state index in [4.69, 9.17) is 0 Å². The maximum atomic E-state index is 14.8. The summed E-state index contributed by atoms with van der Waals surface area (Å²) in [4.78, 5) is 13.0. The molecule has 4 aliphatic carbocycles. The Bertz CT molecular complexity index is 1190. The van der Waals surface area contributed by atoms with E-state index in [2.05, 4.69) is 15.5 Å². The fourth-order valence-electron chi connectivity index (χ4n) is 6.74. The molecule has 4 fully saturated rings. The first kappa shape index (κ1) is 21.8. The van der Waals surface area contributed by atoms with E-state index in [1.165, 1.54) is 43.2 Å². The van der Waals surface area contributed by atoms with Crippen LogP contribution in [0, 0.1) is 29.4 Å². The Kier molecular flexibility index (Phi) is 5.43. The van der Waals surface area contributed by atoms with Crippen molar-refractivity contribution in [3.63, 3.8) is 0 Å². The summed E-state index contributed by atoms with van der Waals surface area (Å²) in [6, 6.07) is 12.8. The Morgan fingerprint density at radius 2 is 1.68 bits per heavy atom. The maximum Gasteiger partial charge on any atom is 0.230 e. The van der Waals surface area contributed by atoms with Crippen molar-refractivity contribution >= 4 is 17.7 Å². The number of benzene rings is 2. The van der Waals surface area contributed by atoms with Crippen LogP contribution in [0.4, 0.5) is 8.78 Å². The Labute approximate surface area is 201 Å². The number of rotatable bonds is 6. The van der Waals surface area contributed by atoms with Gasteiger partial charge in [0.05, 0.1) is 11.4 Å². The molecule has 4 saturated carbocycles. The topological polar surface area (TPSA) is 59.8 Å². The molecule has 2 aromatic carbocycles. The molecule has 0 atom stereocenters. The van der Waals surface area contributed by atoms with Crippen molar-refractivity contribution in [2.75, 3.05) is 5.75 Å². The maximum absolute atomic E-state index is 14.8. The van der Waals surface area contributed by atoms with Crippen molar-refractivity contribution in [2.24, 2.45) is 17.8 Å². The zero-order valence-corrected chi connectivity index (χ0v) is 19.5. The van der Waals surface area contributed by atoms with Gasteiger partial charge in [0, 0.05) is 17.2 Å². The number of amides is 1. The summed E-state index contributed by atoms with van der Waals surface area (Å²) in [6.07, 6.45) is 7.22. The summed E-state index contributed by atoms with van der Waals surface area (Å²) >= 11 is 1.22. The van der Waals surface area contributed by atoms with Gasteiger partial charge in [0.15, 0.2) is 11.0 Å². The fraction of sp³-hybridized carbons (Fsp3) is 0.423. The minimum Gasteiger partial charge on any atom is -0.350 e. The summed E-state index contributed by atoms with van der Waals surface area (Å²) in [7, 11) is 0. The second-order valence-corrected chi connectivity index (χ2v) is 11.1. The van der Waals surface area contributed by atoms with Crippen LogP contribution in [0.5, 0.6) is 0 Å². The minimum absolute atomic E-state index is 0.0256. The predicted octanol–water partition coefficient (Wildman–Crippen LogP) is 5.39. The highest BCUT2D eigenvalue weighted by atomic mass is 32.2. The van der Waals surface area contributed by atoms with E-state index in [9.17, 15) is 13.6 Å². The molecule has 1 heterocycles. The van der Waals surface area contributed by atoms with Crippen LogP contribution in [0.2, 0.25) is 0 Å². The highest BCUT2D eigenvalue weighted by Gasteiger charge is 2.51. The monoisotopic (exact) mass is 480 g/mol. The number of nitrogens with zero attached hydrogens (tertiary/aromatic N) is 3. The van der Waals surface area contributed by atoms with Crippen LogP contribution in [-0.4, -0.2) is 32.0 Å². The molecule has 4 bridgehead atoms. The third kappa shape index (κ3) is 4.02. The number of thioether (sulfide) groups is 1. The number of nitrogens with one attached hydrogen (secondary N) is 1. The predicted molar refractivity (Wildman–Crippen MR) is 126 cm³/mol. The Balaban J connectivity index is 1.24. The first-order valence-electron chi connectivity index (χ1n) is 11.9. The van der Waals surface area contributed by atoms with Crippen LogP contribution >= 0.6 is 11.8 Å². The summed E-state index contributed by atoms with van der Waals surface area (Å²) < 4.78 is 29.9. The standard InChI is InChI=1S/C26H26F2N4OS/c27-20-6-7-22(21(28)11-20)32-24(19-4-2-1-3-5-19)30-31-25(32)34-15-23(33)29-26-12-16-8-17(13-26)10-18(9-16)14-26/h1-7,11,16-18H,8-10,12-15H2,(H,29,33). The van der Waals surface area contributed by atoms with E-state index in [1.807, 2.05) is 30.3 Å². The largest absolute Gasteiger partial charge is 0.350 e. The molecule has 1 N–H and O–H groups in total. The zero-order valence-electron chi connectivity index (χ0n) is 18.7. The molecule has 3 aromatic rings. The molecule has 34 heavy (non-hydrogen) atoms. The van der Waals surface area contributed by atoms with E-state index in [1.54, 1.807) is 4.57 Å². The van der Waals surface area contributed by atoms with Gasteiger partial charge in [-0.2, -0.15) is 0 Å². The van der Waals surface area contributed by atoms with Crippen LogP contribution in [0.25, 0.3) is 17.1 Å². The summed E-state index contributed by atoms with van der Waals surface area (Å²) in [5, 5.41) is 12.3. The van der Waals surface area contributed by atoms with Gasteiger partial charge in [0.25, 0.3) is 0 Å². The third-order valence-electron chi connectivity index (χ3n) is 7.59. The fourth-order valence-corrected chi connectivity index (χ4v) is 7.49. The van der Waals surface area contributed by atoms with Gasteiger partial charge < -0.3 is 5.32 Å². The van der Waals surface area contributed by atoms with Crippen molar-refractivity contribution in [3.8, 4) is 17.1 Å². The summed E-state index contributed by atoms with van der Waals surface area (Å²) in [5.41, 5.74) is 0.844. The number of carbonyl (C=O) groups is 1. The van der Waals surface area contributed by atoms with Gasteiger partial charge in [-0.15, -0.1) is 10.2 Å². The molecule has 1 aromatic heterocycles. The van der Waals surface area contributed by atoms with Gasteiger partial charge in [0.1, 0.15) is 11.6 Å². The quantitative estimate of drug-likeness (QED) is 0.481. The third-order valence-corrected chi connectivity index (χ3v) is 8.52. The second-order valence-electron chi connectivity index (χ2n) is 10.1. The van der Waals surface area contributed by atoms with Crippen molar-refractivity contribution < 1.29 is 13.6 Å². The number of hydrogen-bond donors (Lipinski definition) is 1. The lowest BCUT2D eigenvalue weighted by Crippen LogP contribution is -2.60. The Morgan fingerprint density at radius 1 is 1.00 bits per heavy atom. The molecular weight excluding hydrogens is 454 g/mol. The number of hydrogen-bond acceptors (Lipinski definition) is 4.